The maximum absolute atomic E-state index is 12.4. The van der Waals surface area contributed by atoms with Gasteiger partial charge in [0.15, 0.2) is 0 Å². The van der Waals surface area contributed by atoms with Crippen LogP contribution >= 0.6 is 0 Å². The molecule has 2 aromatic rings. The lowest BCUT2D eigenvalue weighted by Gasteiger charge is -2.35. The van der Waals surface area contributed by atoms with Crippen LogP contribution in [0.1, 0.15) is 20.3 Å². The molecular formula is C16H20N4O2. The molecule has 116 valence electrons. The second-order valence-electron chi connectivity index (χ2n) is 6.31. The summed E-state index contributed by atoms with van der Waals surface area (Å²) in [5, 5.41) is 8.39. The molecule has 0 radical (unpaired) electrons. The van der Waals surface area contributed by atoms with E-state index in [1.165, 1.54) is 0 Å². The van der Waals surface area contributed by atoms with Crippen LogP contribution < -0.4 is 5.56 Å². The molecule has 1 aromatic carbocycles. The van der Waals surface area contributed by atoms with Crippen LogP contribution in [0.2, 0.25) is 0 Å². The van der Waals surface area contributed by atoms with Crippen LogP contribution in [0.25, 0.3) is 10.9 Å². The van der Waals surface area contributed by atoms with Crippen molar-refractivity contribution >= 4 is 16.8 Å². The molecule has 6 nitrogen and oxygen atoms in total. The Labute approximate surface area is 128 Å². The normalized spacial score (nSPS) is 22.0. The average Bonchev–Trinajstić information content (AvgIpc) is 2.49. The lowest BCUT2D eigenvalue weighted by Crippen LogP contribution is -2.45. The highest BCUT2D eigenvalue weighted by Crippen LogP contribution is 2.21. The van der Waals surface area contributed by atoms with Crippen molar-refractivity contribution < 1.29 is 4.79 Å². The lowest BCUT2D eigenvalue weighted by molar-refractivity contribution is -0.134. The van der Waals surface area contributed by atoms with Gasteiger partial charge in [0.05, 0.1) is 5.39 Å². The molecule has 1 amide bonds. The zero-order chi connectivity index (χ0) is 15.7. The fourth-order valence-electron chi connectivity index (χ4n) is 3.22. The Morgan fingerprint density at radius 2 is 1.91 bits per heavy atom. The summed E-state index contributed by atoms with van der Waals surface area (Å²) in [5.41, 5.74) is 0.286. The Hall–Kier alpha value is -2.24. The van der Waals surface area contributed by atoms with Crippen molar-refractivity contribution in [3.8, 4) is 0 Å². The maximum atomic E-state index is 12.4. The third-order valence-corrected chi connectivity index (χ3v) is 4.14. The Balaban J connectivity index is 1.82. The average molecular weight is 300 g/mol. The second kappa shape index (κ2) is 5.87. The smallest absolute Gasteiger partial charge is 0.278 e. The largest absolute Gasteiger partial charge is 0.341 e. The summed E-state index contributed by atoms with van der Waals surface area (Å²) >= 11 is 0. The molecule has 0 saturated carbocycles. The number of likely N-dealkylation sites (tertiary alicyclic amines) is 1. The van der Waals surface area contributed by atoms with E-state index in [1.54, 1.807) is 18.2 Å². The molecule has 0 bridgehead atoms. The number of aromatic nitrogens is 3. The number of benzene rings is 1. The Kier molecular flexibility index (Phi) is 3.92. The van der Waals surface area contributed by atoms with E-state index in [0.29, 0.717) is 22.7 Å². The van der Waals surface area contributed by atoms with Gasteiger partial charge >= 0.3 is 0 Å². The third-order valence-electron chi connectivity index (χ3n) is 4.14. The molecule has 1 aliphatic heterocycles. The molecular weight excluding hydrogens is 280 g/mol. The molecule has 2 atom stereocenters. The summed E-state index contributed by atoms with van der Waals surface area (Å²) < 4.78 is 1.16. The maximum Gasteiger partial charge on any atom is 0.278 e. The number of fused-ring (bicyclic) bond motifs is 1. The van der Waals surface area contributed by atoms with Crippen molar-refractivity contribution in [3.05, 3.63) is 34.6 Å². The number of piperidine rings is 1. The number of carbonyl (C=O) groups is 1. The van der Waals surface area contributed by atoms with Crippen molar-refractivity contribution in [3.63, 3.8) is 0 Å². The Bertz CT molecular complexity index is 745. The molecule has 0 N–H and O–H groups in total. The van der Waals surface area contributed by atoms with Crippen LogP contribution in [0.15, 0.2) is 29.1 Å². The van der Waals surface area contributed by atoms with E-state index in [1.807, 2.05) is 11.0 Å². The Morgan fingerprint density at radius 1 is 1.23 bits per heavy atom. The van der Waals surface area contributed by atoms with E-state index in [9.17, 15) is 9.59 Å². The number of hydrogen-bond donors (Lipinski definition) is 0. The van der Waals surface area contributed by atoms with Gasteiger partial charge in [-0.1, -0.05) is 31.2 Å². The molecule has 0 unspecified atom stereocenters. The number of hydrogen-bond acceptors (Lipinski definition) is 4. The highest BCUT2D eigenvalue weighted by Gasteiger charge is 2.25. The lowest BCUT2D eigenvalue weighted by atomic mass is 9.92. The summed E-state index contributed by atoms with van der Waals surface area (Å²) in [6.45, 7) is 5.75. The summed E-state index contributed by atoms with van der Waals surface area (Å²) in [4.78, 5) is 26.6. The van der Waals surface area contributed by atoms with Gasteiger partial charge in [-0.05, 0) is 30.4 Å². The fourth-order valence-corrected chi connectivity index (χ4v) is 3.22. The van der Waals surface area contributed by atoms with E-state index in [-0.39, 0.29) is 18.0 Å². The van der Waals surface area contributed by atoms with Crippen molar-refractivity contribution in [2.24, 2.45) is 11.8 Å². The monoisotopic (exact) mass is 300 g/mol. The molecule has 1 saturated heterocycles. The minimum absolute atomic E-state index is 0.0455. The van der Waals surface area contributed by atoms with Gasteiger partial charge in [0.2, 0.25) is 5.91 Å². The van der Waals surface area contributed by atoms with Gasteiger partial charge in [0.1, 0.15) is 12.1 Å². The minimum atomic E-state index is -0.267. The second-order valence-corrected chi connectivity index (χ2v) is 6.31. The fraction of sp³-hybridized carbons (Fsp3) is 0.500. The van der Waals surface area contributed by atoms with Gasteiger partial charge in [-0.2, -0.15) is 0 Å². The van der Waals surface area contributed by atoms with Crippen molar-refractivity contribution in [2.45, 2.75) is 26.8 Å². The van der Waals surface area contributed by atoms with Crippen LogP contribution in [0.5, 0.6) is 0 Å². The van der Waals surface area contributed by atoms with Gasteiger partial charge in [0.25, 0.3) is 5.56 Å². The zero-order valence-electron chi connectivity index (χ0n) is 12.9. The van der Waals surface area contributed by atoms with E-state index >= 15 is 0 Å². The van der Waals surface area contributed by atoms with E-state index in [0.717, 1.165) is 24.2 Å². The van der Waals surface area contributed by atoms with Crippen LogP contribution in [0, 0.1) is 11.8 Å². The summed E-state index contributed by atoms with van der Waals surface area (Å²) in [7, 11) is 0. The zero-order valence-corrected chi connectivity index (χ0v) is 12.9. The van der Waals surface area contributed by atoms with Gasteiger partial charge in [-0.15, -0.1) is 5.10 Å². The first-order chi connectivity index (χ1) is 10.5. The number of amides is 1. The molecule has 1 aliphatic rings. The topological polar surface area (TPSA) is 68.1 Å². The molecule has 22 heavy (non-hydrogen) atoms. The van der Waals surface area contributed by atoms with Gasteiger partial charge in [-0.3, -0.25) is 9.59 Å². The molecule has 1 fully saturated rings. The van der Waals surface area contributed by atoms with Crippen molar-refractivity contribution in [2.75, 3.05) is 13.1 Å². The summed E-state index contributed by atoms with van der Waals surface area (Å²) in [6, 6.07) is 7.04. The first-order valence-electron chi connectivity index (χ1n) is 7.65. The van der Waals surface area contributed by atoms with Gasteiger partial charge in [0, 0.05) is 13.1 Å². The van der Waals surface area contributed by atoms with E-state index in [2.05, 4.69) is 24.2 Å². The number of nitrogens with zero attached hydrogens (tertiary/aromatic N) is 4. The molecule has 1 aromatic heterocycles. The molecule has 0 aliphatic carbocycles. The van der Waals surface area contributed by atoms with E-state index in [4.69, 9.17) is 0 Å². The quantitative estimate of drug-likeness (QED) is 0.838. The standard InChI is InChI=1S/C16H20N4O2/c1-11-7-12(2)9-19(8-11)15(21)10-20-16(22)13-5-3-4-6-14(13)17-18-20/h3-6,11-12H,7-10H2,1-2H3/t11-,12-/m1/s1. The molecule has 3 rings (SSSR count). The third kappa shape index (κ3) is 2.86. The molecule has 0 spiro atoms. The minimum Gasteiger partial charge on any atom is -0.341 e. The Morgan fingerprint density at radius 3 is 2.64 bits per heavy atom. The number of rotatable bonds is 2. The highest BCUT2D eigenvalue weighted by molar-refractivity contribution is 5.78. The van der Waals surface area contributed by atoms with Crippen LogP contribution in [0.4, 0.5) is 0 Å². The molecule has 6 heteroatoms. The first kappa shape index (κ1) is 14.7. The van der Waals surface area contributed by atoms with Gasteiger partial charge in [-0.25, -0.2) is 4.68 Å². The van der Waals surface area contributed by atoms with E-state index < -0.39 is 0 Å². The highest BCUT2D eigenvalue weighted by atomic mass is 16.2. The van der Waals surface area contributed by atoms with Gasteiger partial charge < -0.3 is 4.90 Å². The predicted molar refractivity (Wildman–Crippen MR) is 83.3 cm³/mol. The van der Waals surface area contributed by atoms with Crippen LogP contribution in [-0.2, 0) is 11.3 Å². The summed E-state index contributed by atoms with van der Waals surface area (Å²) in [5.74, 6) is 0.921. The van der Waals surface area contributed by atoms with Crippen LogP contribution in [-0.4, -0.2) is 38.9 Å². The predicted octanol–water partition coefficient (Wildman–Crippen LogP) is 1.30. The van der Waals surface area contributed by atoms with Crippen LogP contribution in [0.3, 0.4) is 0 Å². The first-order valence-corrected chi connectivity index (χ1v) is 7.65. The van der Waals surface area contributed by atoms with Crippen molar-refractivity contribution in [1.82, 2.24) is 19.9 Å². The summed E-state index contributed by atoms with van der Waals surface area (Å²) in [6.07, 6.45) is 1.14. The van der Waals surface area contributed by atoms with Crippen molar-refractivity contribution in [1.29, 1.82) is 0 Å². The SMILES string of the molecule is C[C@@H]1C[C@@H](C)CN(C(=O)Cn2nnc3ccccc3c2=O)C1. The molecule has 2 heterocycles. The number of carbonyl (C=O) groups excluding carboxylic acids is 1.